The first kappa shape index (κ1) is 14.0. The number of halogens is 3. The zero-order valence-electron chi connectivity index (χ0n) is 9.64. The zero-order valence-corrected chi connectivity index (χ0v) is 9.64. The van der Waals surface area contributed by atoms with E-state index >= 15 is 0 Å². The lowest BCUT2D eigenvalue weighted by Gasteiger charge is -2.10. The van der Waals surface area contributed by atoms with E-state index in [1.807, 2.05) is 6.92 Å². The molecule has 2 N–H and O–H groups in total. The Morgan fingerprint density at radius 1 is 1.24 bits per heavy atom. The Labute approximate surface area is 98.5 Å². The monoisotopic (exact) mass is 247 g/mol. The van der Waals surface area contributed by atoms with Crippen LogP contribution in [0.3, 0.4) is 0 Å². The van der Waals surface area contributed by atoms with Gasteiger partial charge in [0.25, 0.3) is 0 Å². The topological polar surface area (TPSA) is 32.3 Å². The highest BCUT2D eigenvalue weighted by atomic mass is 19.2. The van der Waals surface area contributed by atoms with Gasteiger partial charge in [0.1, 0.15) is 0 Å². The van der Waals surface area contributed by atoms with Gasteiger partial charge in [0, 0.05) is 13.1 Å². The molecule has 5 heteroatoms. The van der Waals surface area contributed by atoms with Crippen molar-refractivity contribution in [3.8, 4) is 0 Å². The SMILES string of the molecule is CCCC(O)CNCc1cc(F)c(F)c(F)c1. The van der Waals surface area contributed by atoms with E-state index in [9.17, 15) is 18.3 Å². The number of benzene rings is 1. The Kier molecular flexibility index (Phi) is 5.44. The Bertz CT molecular complexity index is 348. The number of hydrogen-bond donors (Lipinski definition) is 2. The second-order valence-electron chi connectivity index (χ2n) is 3.95. The highest BCUT2D eigenvalue weighted by Gasteiger charge is 2.10. The van der Waals surface area contributed by atoms with Crippen molar-refractivity contribution in [3.63, 3.8) is 0 Å². The molecule has 0 saturated carbocycles. The molecule has 96 valence electrons. The van der Waals surface area contributed by atoms with Crippen molar-refractivity contribution in [1.29, 1.82) is 0 Å². The van der Waals surface area contributed by atoms with Gasteiger partial charge in [0.05, 0.1) is 6.10 Å². The molecular formula is C12H16F3NO. The minimum atomic E-state index is -1.46. The van der Waals surface area contributed by atoms with Crippen molar-refractivity contribution < 1.29 is 18.3 Å². The van der Waals surface area contributed by atoms with Gasteiger partial charge in [-0.15, -0.1) is 0 Å². The Hall–Kier alpha value is -1.07. The van der Waals surface area contributed by atoms with E-state index in [0.717, 1.165) is 18.6 Å². The molecule has 0 amide bonds. The third kappa shape index (κ3) is 4.36. The average molecular weight is 247 g/mol. The summed E-state index contributed by atoms with van der Waals surface area (Å²) in [6, 6.07) is 1.88. The van der Waals surface area contributed by atoms with Crippen LogP contribution in [0, 0.1) is 17.5 Å². The smallest absolute Gasteiger partial charge is 0.194 e. The Balaban J connectivity index is 2.47. The van der Waals surface area contributed by atoms with Crippen molar-refractivity contribution in [2.75, 3.05) is 6.54 Å². The molecule has 1 rings (SSSR count). The van der Waals surface area contributed by atoms with E-state index < -0.39 is 23.6 Å². The van der Waals surface area contributed by atoms with Crippen LogP contribution in [0.5, 0.6) is 0 Å². The summed E-state index contributed by atoms with van der Waals surface area (Å²) in [5, 5.41) is 12.3. The van der Waals surface area contributed by atoms with Crippen LogP contribution in [0.25, 0.3) is 0 Å². The summed E-state index contributed by atoms with van der Waals surface area (Å²) in [6.07, 6.45) is 1.05. The van der Waals surface area contributed by atoms with Gasteiger partial charge in [0.2, 0.25) is 0 Å². The summed E-state index contributed by atoms with van der Waals surface area (Å²) in [4.78, 5) is 0. The summed E-state index contributed by atoms with van der Waals surface area (Å²) < 4.78 is 38.4. The van der Waals surface area contributed by atoms with Crippen molar-refractivity contribution in [3.05, 3.63) is 35.1 Å². The van der Waals surface area contributed by atoms with Crippen molar-refractivity contribution in [2.24, 2.45) is 0 Å². The van der Waals surface area contributed by atoms with Crippen molar-refractivity contribution in [2.45, 2.75) is 32.4 Å². The first-order chi connectivity index (χ1) is 8.04. The largest absolute Gasteiger partial charge is 0.392 e. The van der Waals surface area contributed by atoms with Gasteiger partial charge in [-0.3, -0.25) is 0 Å². The van der Waals surface area contributed by atoms with Crippen LogP contribution in [-0.2, 0) is 6.54 Å². The quantitative estimate of drug-likeness (QED) is 0.756. The van der Waals surface area contributed by atoms with Crippen LogP contribution in [0.15, 0.2) is 12.1 Å². The van der Waals surface area contributed by atoms with Crippen LogP contribution in [-0.4, -0.2) is 17.8 Å². The second-order valence-corrected chi connectivity index (χ2v) is 3.95. The van der Waals surface area contributed by atoms with Crippen LogP contribution >= 0.6 is 0 Å². The molecule has 0 bridgehead atoms. The van der Waals surface area contributed by atoms with Gasteiger partial charge in [0.15, 0.2) is 17.5 Å². The first-order valence-corrected chi connectivity index (χ1v) is 5.56. The molecule has 1 atom stereocenters. The van der Waals surface area contributed by atoms with E-state index in [1.54, 1.807) is 0 Å². The maximum absolute atomic E-state index is 12.9. The van der Waals surface area contributed by atoms with E-state index in [1.165, 1.54) is 0 Å². The fourth-order valence-corrected chi connectivity index (χ4v) is 1.53. The van der Waals surface area contributed by atoms with Crippen molar-refractivity contribution in [1.82, 2.24) is 5.32 Å². The number of aliphatic hydroxyl groups excluding tert-OH is 1. The molecule has 0 radical (unpaired) electrons. The number of aliphatic hydroxyl groups is 1. The summed E-state index contributed by atoms with van der Waals surface area (Å²) in [6.45, 7) is 2.48. The lowest BCUT2D eigenvalue weighted by atomic mass is 10.2. The molecule has 0 fully saturated rings. The highest BCUT2D eigenvalue weighted by molar-refractivity contribution is 5.19. The molecule has 1 aromatic carbocycles. The molecule has 17 heavy (non-hydrogen) atoms. The van der Waals surface area contributed by atoms with Crippen LogP contribution in [0.1, 0.15) is 25.3 Å². The maximum Gasteiger partial charge on any atom is 0.194 e. The molecule has 0 aliphatic carbocycles. The third-order valence-corrected chi connectivity index (χ3v) is 2.37. The standard InChI is InChI=1S/C12H16F3NO/c1-2-3-9(17)7-16-6-8-4-10(13)12(15)11(14)5-8/h4-5,9,16-17H,2-3,6-7H2,1H3. The molecule has 0 spiro atoms. The predicted octanol–water partition coefficient (Wildman–Crippen LogP) is 2.35. The molecule has 0 heterocycles. The Morgan fingerprint density at radius 2 is 1.82 bits per heavy atom. The van der Waals surface area contributed by atoms with E-state index in [-0.39, 0.29) is 6.54 Å². The average Bonchev–Trinajstić information content (AvgIpc) is 2.26. The van der Waals surface area contributed by atoms with Crippen LogP contribution in [0.4, 0.5) is 13.2 Å². The lowest BCUT2D eigenvalue weighted by Crippen LogP contribution is -2.26. The molecule has 1 aromatic rings. The van der Waals surface area contributed by atoms with Gasteiger partial charge in [-0.25, -0.2) is 13.2 Å². The summed E-state index contributed by atoms with van der Waals surface area (Å²) >= 11 is 0. The number of hydrogen-bond acceptors (Lipinski definition) is 2. The fourth-order valence-electron chi connectivity index (χ4n) is 1.53. The Morgan fingerprint density at radius 3 is 2.35 bits per heavy atom. The lowest BCUT2D eigenvalue weighted by molar-refractivity contribution is 0.160. The second kappa shape index (κ2) is 6.61. The first-order valence-electron chi connectivity index (χ1n) is 5.56. The van der Waals surface area contributed by atoms with E-state index in [2.05, 4.69) is 5.32 Å². The molecule has 2 nitrogen and oxygen atoms in total. The summed E-state index contributed by atoms with van der Waals surface area (Å²) in [5.41, 5.74) is 0.310. The van der Waals surface area contributed by atoms with Gasteiger partial charge in [-0.1, -0.05) is 13.3 Å². The molecule has 0 saturated heterocycles. The number of nitrogens with one attached hydrogen (secondary N) is 1. The normalized spacial score (nSPS) is 12.8. The predicted molar refractivity (Wildman–Crippen MR) is 58.9 cm³/mol. The summed E-state index contributed by atoms with van der Waals surface area (Å²) in [5.74, 6) is -3.86. The summed E-state index contributed by atoms with van der Waals surface area (Å²) in [7, 11) is 0. The minimum Gasteiger partial charge on any atom is -0.392 e. The molecule has 1 unspecified atom stereocenters. The number of rotatable bonds is 6. The van der Waals surface area contributed by atoms with Crippen LogP contribution < -0.4 is 5.32 Å². The van der Waals surface area contributed by atoms with E-state index in [0.29, 0.717) is 18.5 Å². The van der Waals surface area contributed by atoms with Gasteiger partial charge < -0.3 is 10.4 Å². The van der Waals surface area contributed by atoms with Gasteiger partial charge in [-0.2, -0.15) is 0 Å². The molecule has 0 aromatic heterocycles. The third-order valence-electron chi connectivity index (χ3n) is 2.37. The fraction of sp³-hybridized carbons (Fsp3) is 0.500. The van der Waals surface area contributed by atoms with Crippen molar-refractivity contribution >= 4 is 0 Å². The minimum absolute atomic E-state index is 0.189. The van der Waals surface area contributed by atoms with E-state index in [4.69, 9.17) is 0 Å². The molecule has 0 aliphatic rings. The van der Waals surface area contributed by atoms with Gasteiger partial charge >= 0.3 is 0 Å². The van der Waals surface area contributed by atoms with Crippen LogP contribution in [0.2, 0.25) is 0 Å². The molecule has 0 aliphatic heterocycles. The molecular weight excluding hydrogens is 231 g/mol. The highest BCUT2D eigenvalue weighted by Crippen LogP contribution is 2.13. The zero-order chi connectivity index (χ0) is 12.8. The maximum atomic E-state index is 12.9. The van der Waals surface area contributed by atoms with Gasteiger partial charge in [-0.05, 0) is 24.1 Å².